The van der Waals surface area contributed by atoms with E-state index in [4.69, 9.17) is 0 Å². The molecule has 1 aromatic carbocycles. The molecule has 0 saturated carbocycles. The topological polar surface area (TPSA) is 80.5 Å². The van der Waals surface area contributed by atoms with Gasteiger partial charge in [0.15, 0.2) is 9.84 Å². The van der Waals surface area contributed by atoms with Crippen molar-refractivity contribution >= 4 is 37.1 Å². The van der Waals surface area contributed by atoms with Crippen LogP contribution >= 0.6 is 15.9 Å². The predicted octanol–water partition coefficient (Wildman–Crippen LogP) is 1.72. The Morgan fingerprint density at radius 2 is 1.95 bits per heavy atom. The van der Waals surface area contributed by atoms with Gasteiger partial charge in [-0.15, -0.1) is 0 Å². The van der Waals surface area contributed by atoms with Crippen molar-refractivity contribution in [2.45, 2.75) is 5.33 Å². The lowest BCUT2D eigenvalue weighted by molar-refractivity contribution is -0.384. The van der Waals surface area contributed by atoms with Crippen molar-refractivity contribution in [3.05, 3.63) is 33.9 Å². The maximum absolute atomic E-state index is 11.4. The molecule has 0 unspecified atom stereocenters. The lowest BCUT2D eigenvalue weighted by Gasteiger charge is -2.28. The molecular weight excluding hydrogens is 336 g/mol. The first-order chi connectivity index (χ1) is 8.93. The normalized spacial score (nSPS) is 18.3. The van der Waals surface area contributed by atoms with Crippen LogP contribution in [0.2, 0.25) is 0 Å². The van der Waals surface area contributed by atoms with Crippen LogP contribution in [0.4, 0.5) is 11.4 Å². The fourth-order valence-corrected chi connectivity index (χ4v) is 3.57. The molecule has 0 spiro atoms. The predicted molar refractivity (Wildman–Crippen MR) is 76.6 cm³/mol. The highest BCUT2D eigenvalue weighted by atomic mass is 79.9. The van der Waals surface area contributed by atoms with Gasteiger partial charge in [0.25, 0.3) is 5.69 Å². The van der Waals surface area contributed by atoms with Crippen molar-refractivity contribution in [3.8, 4) is 0 Å². The fourth-order valence-electron chi connectivity index (χ4n) is 2.02. The van der Waals surface area contributed by atoms with E-state index < -0.39 is 14.8 Å². The van der Waals surface area contributed by atoms with Gasteiger partial charge in [0.2, 0.25) is 0 Å². The lowest BCUT2D eigenvalue weighted by atomic mass is 10.1. The average Bonchev–Trinajstić information content (AvgIpc) is 2.38. The number of alkyl halides is 1. The highest BCUT2D eigenvalue weighted by Gasteiger charge is 2.26. The lowest BCUT2D eigenvalue weighted by Crippen LogP contribution is -2.40. The quantitative estimate of drug-likeness (QED) is 0.472. The molecule has 1 fully saturated rings. The van der Waals surface area contributed by atoms with Crippen molar-refractivity contribution in [2.75, 3.05) is 29.5 Å². The second-order valence-corrected chi connectivity index (χ2v) is 7.22. The molecule has 19 heavy (non-hydrogen) atoms. The van der Waals surface area contributed by atoms with Gasteiger partial charge in [-0.25, -0.2) is 8.42 Å². The number of sulfone groups is 1. The van der Waals surface area contributed by atoms with Gasteiger partial charge in [-0.1, -0.05) is 22.0 Å². The summed E-state index contributed by atoms with van der Waals surface area (Å²) in [6.07, 6.45) is 0. The van der Waals surface area contributed by atoms with Gasteiger partial charge < -0.3 is 4.90 Å². The number of nitro groups is 1. The van der Waals surface area contributed by atoms with Crippen LogP contribution in [0.3, 0.4) is 0 Å². The van der Waals surface area contributed by atoms with Gasteiger partial charge in [0.05, 0.1) is 16.4 Å². The van der Waals surface area contributed by atoms with Crippen LogP contribution in [-0.2, 0) is 15.2 Å². The van der Waals surface area contributed by atoms with E-state index in [0.29, 0.717) is 24.1 Å². The van der Waals surface area contributed by atoms with Crippen molar-refractivity contribution < 1.29 is 13.3 Å². The van der Waals surface area contributed by atoms with Crippen molar-refractivity contribution in [2.24, 2.45) is 0 Å². The number of hydrogen-bond acceptors (Lipinski definition) is 5. The van der Waals surface area contributed by atoms with Crippen LogP contribution in [0, 0.1) is 10.1 Å². The average molecular weight is 349 g/mol. The van der Waals surface area contributed by atoms with Crippen LogP contribution < -0.4 is 4.90 Å². The van der Waals surface area contributed by atoms with E-state index in [1.165, 1.54) is 6.07 Å². The minimum absolute atomic E-state index is 0.0243. The summed E-state index contributed by atoms with van der Waals surface area (Å²) < 4.78 is 22.8. The molecule has 0 aromatic heterocycles. The SMILES string of the molecule is O=[N+]([O-])c1cc(CBr)ccc1N1CCS(=O)(=O)CC1. The Balaban J connectivity index is 2.32. The highest BCUT2D eigenvalue weighted by molar-refractivity contribution is 9.08. The monoisotopic (exact) mass is 348 g/mol. The first-order valence-corrected chi connectivity index (χ1v) is 8.66. The van der Waals surface area contributed by atoms with E-state index in [9.17, 15) is 18.5 Å². The Hall–Kier alpha value is -1.15. The minimum atomic E-state index is -2.99. The van der Waals surface area contributed by atoms with Gasteiger partial charge in [0.1, 0.15) is 5.69 Å². The zero-order valence-corrected chi connectivity index (χ0v) is 12.5. The molecule has 104 valence electrons. The molecule has 1 saturated heterocycles. The zero-order chi connectivity index (χ0) is 14.0. The molecule has 8 heteroatoms. The van der Waals surface area contributed by atoms with Gasteiger partial charge in [0, 0.05) is 24.5 Å². The Morgan fingerprint density at radius 3 is 2.47 bits per heavy atom. The molecule has 1 aliphatic heterocycles. The van der Waals surface area contributed by atoms with Gasteiger partial charge in [-0.2, -0.15) is 0 Å². The Kier molecular flexibility index (Phi) is 4.10. The Morgan fingerprint density at radius 1 is 1.32 bits per heavy atom. The standard InChI is InChI=1S/C11H13BrN2O4S/c12-8-9-1-2-10(11(7-9)14(15)16)13-3-5-19(17,18)6-4-13/h1-2,7H,3-6,8H2. The number of benzene rings is 1. The summed E-state index contributed by atoms with van der Waals surface area (Å²) in [5.41, 5.74) is 1.33. The van der Waals surface area contributed by atoms with Crippen LogP contribution in [-0.4, -0.2) is 37.9 Å². The molecule has 0 N–H and O–H groups in total. The van der Waals surface area contributed by atoms with Crippen molar-refractivity contribution in [3.63, 3.8) is 0 Å². The molecule has 2 rings (SSSR count). The summed E-state index contributed by atoms with van der Waals surface area (Å²) >= 11 is 3.26. The third-order valence-electron chi connectivity index (χ3n) is 3.08. The van der Waals surface area contributed by atoms with Crippen LogP contribution in [0.5, 0.6) is 0 Å². The highest BCUT2D eigenvalue weighted by Crippen LogP contribution is 2.30. The smallest absolute Gasteiger partial charge is 0.292 e. The van der Waals surface area contributed by atoms with E-state index in [-0.39, 0.29) is 17.2 Å². The van der Waals surface area contributed by atoms with Crippen LogP contribution in [0.15, 0.2) is 18.2 Å². The minimum Gasteiger partial charge on any atom is -0.364 e. The van der Waals surface area contributed by atoms with E-state index >= 15 is 0 Å². The summed E-state index contributed by atoms with van der Waals surface area (Å²) in [6.45, 7) is 0.605. The van der Waals surface area contributed by atoms with Gasteiger partial charge in [-0.05, 0) is 11.6 Å². The Labute approximate surface area is 119 Å². The molecule has 0 amide bonds. The fraction of sp³-hybridized carbons (Fsp3) is 0.455. The van der Waals surface area contributed by atoms with E-state index in [1.807, 2.05) is 0 Å². The molecule has 1 aromatic rings. The second-order valence-electron chi connectivity index (χ2n) is 4.35. The van der Waals surface area contributed by atoms with Gasteiger partial charge >= 0.3 is 0 Å². The van der Waals surface area contributed by atoms with Crippen LogP contribution in [0.25, 0.3) is 0 Å². The molecule has 0 radical (unpaired) electrons. The number of nitrogens with zero attached hydrogens (tertiary/aromatic N) is 2. The summed E-state index contributed by atoms with van der Waals surface area (Å²) in [6, 6.07) is 5.01. The largest absolute Gasteiger partial charge is 0.364 e. The molecule has 6 nitrogen and oxygen atoms in total. The number of halogens is 1. The molecule has 0 atom stereocenters. The van der Waals surface area contributed by atoms with E-state index in [2.05, 4.69) is 15.9 Å². The summed E-state index contributed by atoms with van der Waals surface area (Å²) in [5, 5.41) is 11.6. The molecular formula is C11H13BrN2O4S. The summed E-state index contributed by atoms with van der Waals surface area (Å²) in [5.74, 6) is 0.0920. The third kappa shape index (κ3) is 3.24. The molecule has 0 aliphatic carbocycles. The first-order valence-electron chi connectivity index (χ1n) is 5.71. The first kappa shape index (κ1) is 14.3. The van der Waals surface area contributed by atoms with E-state index in [1.54, 1.807) is 17.0 Å². The van der Waals surface area contributed by atoms with E-state index in [0.717, 1.165) is 5.56 Å². The maximum Gasteiger partial charge on any atom is 0.292 e. The number of rotatable bonds is 3. The second kappa shape index (κ2) is 5.46. The number of nitro benzene ring substituents is 1. The Bertz CT molecular complexity index is 589. The molecule has 1 aliphatic rings. The van der Waals surface area contributed by atoms with Crippen LogP contribution in [0.1, 0.15) is 5.56 Å². The summed E-state index contributed by atoms with van der Waals surface area (Å²) in [7, 11) is -2.99. The number of anilines is 1. The zero-order valence-electron chi connectivity index (χ0n) is 10.1. The third-order valence-corrected chi connectivity index (χ3v) is 5.33. The molecule has 0 bridgehead atoms. The molecule has 1 heterocycles. The summed E-state index contributed by atoms with van der Waals surface area (Å²) in [4.78, 5) is 12.4. The van der Waals surface area contributed by atoms with Gasteiger partial charge in [-0.3, -0.25) is 10.1 Å². The van der Waals surface area contributed by atoms with Crippen molar-refractivity contribution in [1.82, 2.24) is 0 Å². The number of hydrogen-bond donors (Lipinski definition) is 0. The maximum atomic E-state index is 11.4. The van der Waals surface area contributed by atoms with Crippen molar-refractivity contribution in [1.29, 1.82) is 0 Å².